The molecule has 0 saturated heterocycles. The third-order valence-electron chi connectivity index (χ3n) is 5.15. The lowest BCUT2D eigenvalue weighted by Crippen LogP contribution is -2.31. The Labute approximate surface area is 182 Å². The number of methoxy groups -OCH3 is 1. The molecule has 0 aliphatic heterocycles. The predicted molar refractivity (Wildman–Crippen MR) is 119 cm³/mol. The van der Waals surface area contributed by atoms with Gasteiger partial charge in [0.1, 0.15) is 11.5 Å². The van der Waals surface area contributed by atoms with Gasteiger partial charge < -0.3 is 19.1 Å². The number of rotatable bonds is 8. The molecular weight excluding hydrogens is 394 g/mol. The Morgan fingerprint density at radius 1 is 0.839 bits per heavy atom. The highest BCUT2D eigenvalue weighted by Crippen LogP contribution is 2.22. The van der Waals surface area contributed by atoms with Gasteiger partial charge in [0.05, 0.1) is 7.11 Å². The number of aryl methyl sites for hydroxylation is 2. The Bertz CT molecular complexity index is 1090. The highest BCUT2D eigenvalue weighted by atomic mass is 16.6. The summed E-state index contributed by atoms with van der Waals surface area (Å²) in [6, 6.07) is 17.4. The second-order valence-electron chi connectivity index (χ2n) is 7.49. The predicted octanol–water partition coefficient (Wildman–Crippen LogP) is 4.05. The van der Waals surface area contributed by atoms with Crippen LogP contribution in [-0.4, -0.2) is 44.1 Å². The average molecular weight is 421 g/mol. The van der Waals surface area contributed by atoms with E-state index in [1.54, 1.807) is 20.2 Å². The summed E-state index contributed by atoms with van der Waals surface area (Å²) >= 11 is 0. The molecule has 0 aromatic heterocycles. The highest BCUT2D eigenvalue weighted by Gasteiger charge is 2.13. The summed E-state index contributed by atoms with van der Waals surface area (Å²) in [6.45, 7) is 3.83. The fourth-order valence-electron chi connectivity index (χ4n) is 3.10. The van der Waals surface area contributed by atoms with Crippen molar-refractivity contribution in [3.05, 3.63) is 71.3 Å². The maximum atomic E-state index is 12.3. The number of carbonyl (C=O) groups excluding carboxylic acids is 2. The molecule has 3 aromatic rings. The summed E-state index contributed by atoms with van der Waals surface area (Å²) in [5.74, 6) is 0.530. The molecule has 162 valence electrons. The van der Waals surface area contributed by atoms with Crippen molar-refractivity contribution >= 4 is 22.6 Å². The van der Waals surface area contributed by atoms with Gasteiger partial charge in [-0.2, -0.15) is 0 Å². The van der Waals surface area contributed by atoms with E-state index in [9.17, 15) is 9.59 Å². The molecule has 0 radical (unpaired) electrons. The number of ether oxygens (including phenoxy) is 3. The smallest absolute Gasteiger partial charge is 0.344 e. The van der Waals surface area contributed by atoms with E-state index in [4.69, 9.17) is 14.2 Å². The molecule has 0 atom stereocenters. The molecule has 0 aliphatic rings. The maximum Gasteiger partial charge on any atom is 0.344 e. The van der Waals surface area contributed by atoms with Gasteiger partial charge in [0.2, 0.25) is 0 Å². The van der Waals surface area contributed by atoms with E-state index in [1.807, 2.05) is 62.4 Å². The van der Waals surface area contributed by atoms with Crippen LogP contribution >= 0.6 is 0 Å². The normalized spacial score (nSPS) is 10.6. The third-order valence-corrected chi connectivity index (χ3v) is 5.15. The van der Waals surface area contributed by atoms with Gasteiger partial charge in [-0.05, 0) is 71.6 Å². The van der Waals surface area contributed by atoms with Crippen molar-refractivity contribution in [3.8, 4) is 11.5 Å². The second kappa shape index (κ2) is 9.98. The van der Waals surface area contributed by atoms with Gasteiger partial charge in [-0.15, -0.1) is 0 Å². The van der Waals surface area contributed by atoms with E-state index in [0.717, 1.165) is 33.2 Å². The molecule has 0 fully saturated rings. The summed E-state index contributed by atoms with van der Waals surface area (Å²) < 4.78 is 15.7. The monoisotopic (exact) mass is 421 g/mol. The average Bonchev–Trinajstić information content (AvgIpc) is 2.77. The molecule has 6 heteroatoms. The van der Waals surface area contributed by atoms with Crippen LogP contribution in [0.3, 0.4) is 0 Å². The lowest BCUT2D eigenvalue weighted by atomic mass is 10.1. The van der Waals surface area contributed by atoms with Crippen LogP contribution in [0, 0.1) is 13.8 Å². The molecule has 0 saturated carbocycles. The molecular formula is C25H27NO5. The molecule has 0 unspecified atom stereocenters. The lowest BCUT2D eigenvalue weighted by molar-refractivity contribution is -0.153. The van der Waals surface area contributed by atoms with E-state index in [2.05, 4.69) is 0 Å². The van der Waals surface area contributed by atoms with Gasteiger partial charge in [-0.3, -0.25) is 4.79 Å². The van der Waals surface area contributed by atoms with Crippen molar-refractivity contribution in [2.24, 2.45) is 0 Å². The van der Waals surface area contributed by atoms with Crippen molar-refractivity contribution in [2.45, 2.75) is 20.4 Å². The van der Waals surface area contributed by atoms with Crippen molar-refractivity contribution in [3.63, 3.8) is 0 Å². The molecule has 3 rings (SSSR count). The minimum absolute atomic E-state index is 0.242. The molecule has 6 nitrogen and oxygen atoms in total. The number of benzene rings is 3. The van der Waals surface area contributed by atoms with Crippen LogP contribution in [-0.2, 0) is 20.9 Å². The Morgan fingerprint density at radius 2 is 1.55 bits per heavy atom. The fraction of sp³-hybridized carbons (Fsp3) is 0.280. The maximum absolute atomic E-state index is 12.3. The first-order valence-electron chi connectivity index (χ1n) is 10.0. The van der Waals surface area contributed by atoms with Crippen LogP contribution in [0.5, 0.6) is 11.5 Å². The molecule has 0 N–H and O–H groups in total. The molecule has 0 aliphatic carbocycles. The van der Waals surface area contributed by atoms with Crippen LogP contribution in [0.1, 0.15) is 16.7 Å². The molecule has 0 bridgehead atoms. The Balaban J connectivity index is 1.48. The Kier molecular flexibility index (Phi) is 7.13. The molecule has 3 aromatic carbocycles. The van der Waals surface area contributed by atoms with Crippen molar-refractivity contribution in [1.29, 1.82) is 0 Å². The van der Waals surface area contributed by atoms with Gasteiger partial charge in [-0.1, -0.05) is 24.3 Å². The number of amides is 1. The van der Waals surface area contributed by atoms with Crippen molar-refractivity contribution in [1.82, 2.24) is 4.90 Å². The van der Waals surface area contributed by atoms with Crippen LogP contribution in [0.15, 0.2) is 54.6 Å². The first kappa shape index (κ1) is 22.2. The number of fused-ring (bicyclic) bond motifs is 1. The third kappa shape index (κ3) is 5.98. The van der Waals surface area contributed by atoms with Crippen LogP contribution in [0.4, 0.5) is 0 Å². The van der Waals surface area contributed by atoms with Gasteiger partial charge in [0, 0.05) is 13.6 Å². The minimum Gasteiger partial charge on any atom is -0.497 e. The molecule has 31 heavy (non-hydrogen) atoms. The van der Waals surface area contributed by atoms with Crippen molar-refractivity contribution in [2.75, 3.05) is 27.4 Å². The Hall–Kier alpha value is -3.54. The summed E-state index contributed by atoms with van der Waals surface area (Å²) in [6.07, 6.45) is 0. The number of nitrogens with zero attached hydrogens (tertiary/aromatic N) is 1. The zero-order chi connectivity index (χ0) is 22.4. The lowest BCUT2D eigenvalue weighted by Gasteiger charge is -2.18. The number of hydrogen-bond acceptors (Lipinski definition) is 5. The number of carbonyl (C=O) groups is 2. The summed E-state index contributed by atoms with van der Waals surface area (Å²) in [5.41, 5.74) is 3.21. The van der Waals surface area contributed by atoms with Gasteiger partial charge in [0.15, 0.2) is 13.2 Å². The van der Waals surface area contributed by atoms with Crippen LogP contribution < -0.4 is 9.47 Å². The number of hydrogen-bond donors (Lipinski definition) is 0. The fourth-order valence-corrected chi connectivity index (χ4v) is 3.10. The first-order chi connectivity index (χ1) is 14.9. The topological polar surface area (TPSA) is 65.1 Å². The zero-order valence-electron chi connectivity index (χ0n) is 18.3. The summed E-state index contributed by atoms with van der Waals surface area (Å²) in [4.78, 5) is 25.8. The zero-order valence-corrected chi connectivity index (χ0v) is 18.3. The SMILES string of the molecule is COc1ccc2cc(CN(C)C(=O)COC(=O)COc3ccc(C)c(C)c3)ccc2c1. The standard InChI is InChI=1S/C25H27NO5/c1-17-5-9-23(11-18(17)2)30-16-25(28)31-15-24(27)26(3)14-19-6-7-21-13-22(29-4)10-8-20(21)12-19/h5-13H,14-16H2,1-4H3. The van der Waals surface area contributed by atoms with E-state index >= 15 is 0 Å². The van der Waals surface area contributed by atoms with Gasteiger partial charge >= 0.3 is 5.97 Å². The van der Waals surface area contributed by atoms with Gasteiger partial charge in [0.25, 0.3) is 5.91 Å². The highest BCUT2D eigenvalue weighted by molar-refractivity contribution is 5.85. The number of esters is 1. The van der Waals surface area contributed by atoms with Crippen molar-refractivity contribution < 1.29 is 23.8 Å². The van der Waals surface area contributed by atoms with E-state index in [0.29, 0.717) is 12.3 Å². The second-order valence-corrected chi connectivity index (χ2v) is 7.49. The number of likely N-dealkylation sites (N-methyl/N-ethyl adjacent to an activating group) is 1. The largest absolute Gasteiger partial charge is 0.497 e. The van der Waals surface area contributed by atoms with Crippen LogP contribution in [0.25, 0.3) is 10.8 Å². The van der Waals surface area contributed by atoms with E-state index < -0.39 is 5.97 Å². The van der Waals surface area contributed by atoms with E-state index in [-0.39, 0.29) is 19.1 Å². The summed E-state index contributed by atoms with van der Waals surface area (Å²) in [5, 5.41) is 2.13. The molecule has 1 amide bonds. The quantitative estimate of drug-likeness (QED) is 0.514. The minimum atomic E-state index is -0.584. The molecule has 0 heterocycles. The molecule has 0 spiro atoms. The summed E-state index contributed by atoms with van der Waals surface area (Å²) in [7, 11) is 3.32. The Morgan fingerprint density at radius 3 is 2.29 bits per heavy atom. The first-order valence-corrected chi connectivity index (χ1v) is 10.0. The van der Waals surface area contributed by atoms with E-state index in [1.165, 1.54) is 4.90 Å². The van der Waals surface area contributed by atoms with Crippen LogP contribution in [0.2, 0.25) is 0 Å². The van der Waals surface area contributed by atoms with Gasteiger partial charge in [-0.25, -0.2) is 4.79 Å².